The first-order valence-electron chi connectivity index (χ1n) is 6.51. The maximum Gasteiger partial charge on any atom is 0.323 e. The van der Waals surface area contributed by atoms with E-state index >= 15 is 0 Å². The van der Waals surface area contributed by atoms with Crippen molar-refractivity contribution in [1.29, 1.82) is 0 Å². The molecule has 0 fully saturated rings. The number of phenols is 1. The number of carboxylic acid groups (broad SMARTS) is 1. The molecule has 0 aliphatic carbocycles. The number of hydrogen-bond acceptors (Lipinski definition) is 3. The van der Waals surface area contributed by atoms with Gasteiger partial charge >= 0.3 is 5.97 Å². The maximum atomic E-state index is 14.0. The zero-order valence-corrected chi connectivity index (χ0v) is 11.5. The number of nitrogens with zero attached hydrogens (tertiary/aromatic N) is 1. The van der Waals surface area contributed by atoms with E-state index in [0.717, 1.165) is 6.07 Å². The smallest absolute Gasteiger partial charge is 0.323 e. The van der Waals surface area contributed by atoms with Crippen LogP contribution in [0.1, 0.15) is 18.5 Å². The molecule has 0 aromatic heterocycles. The summed E-state index contributed by atoms with van der Waals surface area (Å²) >= 11 is 0. The number of carbonyl (C=O) groups is 1. The molecule has 0 spiro atoms. The second kappa shape index (κ2) is 6.26. The number of aliphatic carboxylic acids is 1. The lowest BCUT2D eigenvalue weighted by molar-refractivity contribution is -0.135. The second-order valence-corrected chi connectivity index (χ2v) is 4.74. The number of phenolic OH excluding ortho intramolecular Hbond substituents is 1. The third-order valence-electron chi connectivity index (χ3n) is 3.30. The summed E-state index contributed by atoms with van der Waals surface area (Å²) in [7, 11) is 0. The van der Waals surface area contributed by atoms with Gasteiger partial charge in [0.2, 0.25) is 0 Å². The van der Waals surface area contributed by atoms with Crippen molar-refractivity contribution in [3.05, 3.63) is 59.9 Å². The molecule has 0 aliphatic rings. The lowest BCUT2D eigenvalue weighted by Crippen LogP contribution is -2.32. The third kappa shape index (κ3) is 3.51. The van der Waals surface area contributed by atoms with Gasteiger partial charge in [0.1, 0.15) is 18.1 Å². The van der Waals surface area contributed by atoms with Gasteiger partial charge in [0.05, 0.1) is 6.04 Å². The Hall–Kier alpha value is -2.56. The number of hydrogen-bond donors (Lipinski definition) is 2. The van der Waals surface area contributed by atoms with Crippen LogP contribution in [0.4, 0.5) is 10.1 Å². The molecule has 0 saturated carbocycles. The predicted octanol–water partition coefficient (Wildman–Crippen LogP) is 3.18. The highest BCUT2D eigenvalue weighted by Gasteiger charge is 2.21. The van der Waals surface area contributed by atoms with E-state index in [9.17, 15) is 14.3 Å². The molecule has 2 N–H and O–H groups in total. The summed E-state index contributed by atoms with van der Waals surface area (Å²) in [6, 6.07) is 12.4. The van der Waals surface area contributed by atoms with E-state index in [1.165, 1.54) is 12.1 Å². The fraction of sp³-hybridized carbons (Fsp3) is 0.188. The van der Waals surface area contributed by atoms with Crippen LogP contribution in [-0.4, -0.2) is 22.7 Å². The summed E-state index contributed by atoms with van der Waals surface area (Å²) < 4.78 is 14.0. The van der Waals surface area contributed by atoms with Gasteiger partial charge in [-0.3, -0.25) is 4.79 Å². The molecule has 0 saturated heterocycles. The van der Waals surface area contributed by atoms with Gasteiger partial charge in [-0.1, -0.05) is 24.3 Å². The van der Waals surface area contributed by atoms with Crippen LogP contribution >= 0.6 is 0 Å². The van der Waals surface area contributed by atoms with E-state index in [0.29, 0.717) is 11.3 Å². The van der Waals surface area contributed by atoms with Crippen LogP contribution in [0.15, 0.2) is 48.5 Å². The van der Waals surface area contributed by atoms with Crippen LogP contribution in [0.2, 0.25) is 0 Å². The molecule has 0 radical (unpaired) electrons. The average molecular weight is 289 g/mol. The number of rotatable bonds is 5. The van der Waals surface area contributed by atoms with Crippen molar-refractivity contribution in [3.63, 3.8) is 0 Å². The molecule has 110 valence electrons. The van der Waals surface area contributed by atoms with Crippen molar-refractivity contribution >= 4 is 11.7 Å². The van der Waals surface area contributed by atoms with Crippen molar-refractivity contribution in [2.75, 3.05) is 11.4 Å². The van der Waals surface area contributed by atoms with Crippen LogP contribution in [-0.2, 0) is 4.79 Å². The minimum Gasteiger partial charge on any atom is -0.508 e. The molecule has 0 amide bonds. The van der Waals surface area contributed by atoms with E-state index in [1.54, 1.807) is 36.1 Å². The average Bonchev–Trinajstić information content (AvgIpc) is 2.45. The van der Waals surface area contributed by atoms with E-state index < -0.39 is 17.8 Å². The highest BCUT2D eigenvalue weighted by atomic mass is 19.1. The summed E-state index contributed by atoms with van der Waals surface area (Å²) in [6.07, 6.45) is 0. The van der Waals surface area contributed by atoms with E-state index in [2.05, 4.69) is 0 Å². The predicted molar refractivity (Wildman–Crippen MR) is 77.9 cm³/mol. The summed E-state index contributed by atoms with van der Waals surface area (Å²) in [5.41, 5.74) is 1.03. The molecule has 4 nitrogen and oxygen atoms in total. The number of anilines is 1. The fourth-order valence-corrected chi connectivity index (χ4v) is 2.24. The minimum absolute atomic E-state index is 0.159. The molecule has 21 heavy (non-hydrogen) atoms. The van der Waals surface area contributed by atoms with Crippen LogP contribution in [0.25, 0.3) is 0 Å². The van der Waals surface area contributed by atoms with Crippen molar-refractivity contribution in [2.24, 2.45) is 0 Å². The number of aromatic hydroxyl groups is 1. The van der Waals surface area contributed by atoms with Crippen molar-refractivity contribution in [2.45, 2.75) is 13.0 Å². The molecule has 1 atom stereocenters. The van der Waals surface area contributed by atoms with Crippen LogP contribution < -0.4 is 4.90 Å². The number of halogens is 1. The Bertz CT molecular complexity index is 631. The minimum atomic E-state index is -0.995. The Morgan fingerprint density at radius 3 is 2.48 bits per heavy atom. The summed E-state index contributed by atoms with van der Waals surface area (Å²) in [4.78, 5) is 12.7. The van der Waals surface area contributed by atoms with Crippen molar-refractivity contribution in [3.8, 4) is 5.75 Å². The van der Waals surface area contributed by atoms with E-state index in [4.69, 9.17) is 5.11 Å². The van der Waals surface area contributed by atoms with Gasteiger partial charge in [-0.2, -0.15) is 0 Å². The first-order valence-corrected chi connectivity index (χ1v) is 6.51. The summed E-state index contributed by atoms with van der Waals surface area (Å²) in [6.45, 7) is 1.48. The van der Waals surface area contributed by atoms with E-state index in [1.807, 2.05) is 6.07 Å². The van der Waals surface area contributed by atoms with Crippen LogP contribution in [0.3, 0.4) is 0 Å². The standard InChI is InChI=1S/C16H16FNO3/c1-11(14-8-7-13(19)9-15(14)17)18(10-16(20)21)12-5-3-2-4-6-12/h2-9,11,19H,10H2,1H3,(H,20,21). The maximum absolute atomic E-state index is 14.0. The van der Waals surface area contributed by atoms with Gasteiger partial charge in [-0.05, 0) is 25.1 Å². The Balaban J connectivity index is 2.38. The van der Waals surface area contributed by atoms with Gasteiger partial charge in [0.15, 0.2) is 0 Å². The van der Waals surface area contributed by atoms with Gasteiger partial charge in [0.25, 0.3) is 0 Å². The third-order valence-corrected chi connectivity index (χ3v) is 3.30. The summed E-state index contributed by atoms with van der Waals surface area (Å²) in [5, 5.41) is 18.4. The van der Waals surface area contributed by atoms with Gasteiger partial charge < -0.3 is 15.1 Å². The molecular formula is C16H16FNO3. The van der Waals surface area contributed by atoms with Crippen LogP contribution in [0.5, 0.6) is 5.75 Å². The molecule has 1 unspecified atom stereocenters. The Morgan fingerprint density at radius 2 is 1.90 bits per heavy atom. The highest BCUT2D eigenvalue weighted by molar-refractivity contribution is 5.74. The summed E-state index contributed by atoms with van der Waals surface area (Å²) in [5.74, 6) is -1.72. The Labute approximate surface area is 122 Å². The SMILES string of the molecule is CC(c1ccc(O)cc1F)N(CC(=O)O)c1ccccc1. The lowest BCUT2D eigenvalue weighted by Gasteiger charge is -2.30. The molecule has 2 aromatic rings. The molecular weight excluding hydrogens is 273 g/mol. The molecule has 2 aromatic carbocycles. The lowest BCUT2D eigenvalue weighted by atomic mass is 10.0. The van der Waals surface area contributed by atoms with Crippen molar-refractivity contribution < 1.29 is 19.4 Å². The number of carboxylic acids is 1. The zero-order valence-electron chi connectivity index (χ0n) is 11.5. The topological polar surface area (TPSA) is 60.8 Å². The van der Waals surface area contributed by atoms with Crippen molar-refractivity contribution in [1.82, 2.24) is 0 Å². The van der Waals surface area contributed by atoms with Gasteiger partial charge in [0, 0.05) is 17.3 Å². The molecule has 2 rings (SSSR count). The molecule has 0 heterocycles. The monoisotopic (exact) mass is 289 g/mol. The largest absolute Gasteiger partial charge is 0.508 e. The first kappa shape index (κ1) is 14.8. The number of para-hydroxylation sites is 1. The first-order chi connectivity index (χ1) is 9.99. The quantitative estimate of drug-likeness (QED) is 0.887. The molecule has 0 bridgehead atoms. The van der Waals surface area contributed by atoms with E-state index in [-0.39, 0.29) is 12.3 Å². The van der Waals surface area contributed by atoms with Gasteiger partial charge in [-0.25, -0.2) is 4.39 Å². The van der Waals surface area contributed by atoms with Gasteiger partial charge in [-0.15, -0.1) is 0 Å². The molecule has 5 heteroatoms. The second-order valence-electron chi connectivity index (χ2n) is 4.74. The zero-order chi connectivity index (χ0) is 15.4. The number of benzene rings is 2. The Kier molecular flexibility index (Phi) is 4.42. The molecule has 0 aliphatic heterocycles. The highest BCUT2D eigenvalue weighted by Crippen LogP contribution is 2.29. The Morgan fingerprint density at radius 1 is 1.24 bits per heavy atom. The van der Waals surface area contributed by atoms with Crippen LogP contribution in [0, 0.1) is 5.82 Å². The normalized spacial score (nSPS) is 11.9. The fourth-order valence-electron chi connectivity index (χ4n) is 2.24.